The maximum Gasteiger partial charge on any atom is 0.390 e. The van der Waals surface area contributed by atoms with Gasteiger partial charge in [0.15, 0.2) is 11.5 Å². The molecule has 4 nitrogen and oxygen atoms in total. The Morgan fingerprint density at radius 2 is 1.67 bits per heavy atom. The highest BCUT2D eigenvalue weighted by Gasteiger charge is 2.07. The summed E-state index contributed by atoms with van der Waals surface area (Å²) in [7, 11) is 3.05. The minimum Gasteiger partial charge on any atom is -0.493 e. The fourth-order valence-corrected chi connectivity index (χ4v) is 1.66. The minimum atomic E-state index is -0.633. The highest BCUT2D eigenvalue weighted by atomic mass is 16.5. The number of carbonyl (C=O) groups excluding carboxylic acids is 1. The molecule has 4 heteroatoms. The molecule has 0 aliphatic heterocycles. The maximum atomic E-state index is 11.7. The molecular weight excluding hydrogens is 268 g/mol. The van der Waals surface area contributed by atoms with Crippen molar-refractivity contribution >= 4 is 5.97 Å². The van der Waals surface area contributed by atoms with Crippen molar-refractivity contribution in [1.29, 1.82) is 0 Å². The summed E-state index contributed by atoms with van der Waals surface area (Å²) in [4.78, 5) is 11.7. The predicted molar refractivity (Wildman–Crippen MR) is 78.5 cm³/mol. The number of hydrogen-bond acceptors (Lipinski definition) is 4. The largest absolute Gasteiger partial charge is 0.493 e. The number of carbonyl (C=O) groups is 1. The summed E-state index contributed by atoms with van der Waals surface area (Å²) in [6, 6.07) is 14.1. The van der Waals surface area contributed by atoms with E-state index in [1.54, 1.807) is 18.2 Å². The molecule has 0 aliphatic rings. The number of ether oxygens (including phenoxy) is 3. The molecule has 0 amide bonds. The van der Waals surface area contributed by atoms with Gasteiger partial charge in [-0.05, 0) is 24.3 Å². The topological polar surface area (TPSA) is 44.8 Å². The van der Waals surface area contributed by atoms with Crippen molar-refractivity contribution in [3.05, 3.63) is 54.1 Å². The van der Waals surface area contributed by atoms with Crippen LogP contribution in [0.1, 0.15) is 5.56 Å². The molecule has 0 heterocycles. The van der Waals surface area contributed by atoms with E-state index >= 15 is 0 Å². The van der Waals surface area contributed by atoms with E-state index in [9.17, 15) is 4.79 Å². The molecule has 106 valence electrons. The number of methoxy groups -OCH3 is 2. The second-order valence-corrected chi connectivity index (χ2v) is 4.02. The number of esters is 1. The van der Waals surface area contributed by atoms with Crippen molar-refractivity contribution in [2.45, 2.75) is 0 Å². The van der Waals surface area contributed by atoms with Crippen molar-refractivity contribution in [3.63, 3.8) is 0 Å². The lowest BCUT2D eigenvalue weighted by Gasteiger charge is -2.08. The molecule has 0 aromatic heterocycles. The van der Waals surface area contributed by atoms with Crippen LogP contribution in [-0.4, -0.2) is 20.2 Å². The van der Waals surface area contributed by atoms with Gasteiger partial charge in [-0.3, -0.25) is 0 Å². The zero-order valence-corrected chi connectivity index (χ0v) is 11.8. The van der Waals surface area contributed by atoms with Crippen LogP contribution in [0.25, 0.3) is 0 Å². The number of benzene rings is 2. The Kier molecular flexibility index (Phi) is 4.84. The third-order valence-electron chi connectivity index (χ3n) is 2.65. The Morgan fingerprint density at radius 3 is 2.33 bits per heavy atom. The molecule has 0 saturated carbocycles. The molecule has 0 atom stereocenters. The minimum absolute atomic E-state index is 0.347. The summed E-state index contributed by atoms with van der Waals surface area (Å²) in [5.41, 5.74) is 0.752. The van der Waals surface area contributed by atoms with E-state index < -0.39 is 5.97 Å². The van der Waals surface area contributed by atoms with Gasteiger partial charge in [-0.1, -0.05) is 24.1 Å². The van der Waals surface area contributed by atoms with Gasteiger partial charge in [0.2, 0.25) is 0 Å². The molecule has 0 aliphatic carbocycles. The average Bonchev–Trinajstić information content (AvgIpc) is 2.53. The van der Waals surface area contributed by atoms with E-state index in [4.69, 9.17) is 14.2 Å². The first kappa shape index (κ1) is 14.5. The highest BCUT2D eigenvalue weighted by Crippen LogP contribution is 2.30. The van der Waals surface area contributed by atoms with Crippen molar-refractivity contribution < 1.29 is 19.0 Å². The van der Waals surface area contributed by atoms with Crippen LogP contribution >= 0.6 is 0 Å². The molecular formula is C17H14O4. The Labute approximate surface area is 123 Å². The Bertz CT molecular complexity index is 681. The van der Waals surface area contributed by atoms with E-state index in [0.717, 1.165) is 5.56 Å². The molecule has 0 bridgehead atoms. The van der Waals surface area contributed by atoms with Crippen LogP contribution in [0.3, 0.4) is 0 Å². The van der Waals surface area contributed by atoms with Gasteiger partial charge in [0, 0.05) is 17.6 Å². The second-order valence-electron chi connectivity index (χ2n) is 4.02. The third kappa shape index (κ3) is 4.02. The molecule has 2 aromatic carbocycles. The predicted octanol–water partition coefficient (Wildman–Crippen LogP) is 2.66. The monoisotopic (exact) mass is 282 g/mol. The normalized spacial score (nSPS) is 9.24. The fraction of sp³-hybridized carbons (Fsp3) is 0.118. The lowest BCUT2D eigenvalue weighted by molar-refractivity contribution is -0.128. The smallest absolute Gasteiger partial charge is 0.390 e. The van der Waals surface area contributed by atoms with E-state index in [-0.39, 0.29) is 0 Å². The standard InChI is InChI=1S/C17H14O4/c1-19-15-10-9-14(12-16(15)20-2)21-17(18)11-8-13-6-4-3-5-7-13/h3-7,9-10,12H,1-2H3. The summed E-state index contributed by atoms with van der Waals surface area (Å²) in [6.07, 6.45) is 0. The van der Waals surface area contributed by atoms with E-state index in [2.05, 4.69) is 11.8 Å². The van der Waals surface area contributed by atoms with Crippen molar-refractivity contribution in [2.75, 3.05) is 14.2 Å². The lowest BCUT2D eigenvalue weighted by Crippen LogP contribution is -2.04. The average molecular weight is 282 g/mol. The Hall–Kier alpha value is -2.93. The highest BCUT2D eigenvalue weighted by molar-refractivity contribution is 5.90. The maximum absolute atomic E-state index is 11.7. The van der Waals surface area contributed by atoms with Crippen LogP contribution < -0.4 is 14.2 Å². The van der Waals surface area contributed by atoms with Crippen molar-refractivity contribution in [3.8, 4) is 29.1 Å². The molecule has 0 unspecified atom stereocenters. The van der Waals surface area contributed by atoms with Gasteiger partial charge in [0.05, 0.1) is 14.2 Å². The van der Waals surface area contributed by atoms with Gasteiger partial charge in [-0.2, -0.15) is 0 Å². The Morgan fingerprint density at radius 1 is 0.952 bits per heavy atom. The zero-order chi connectivity index (χ0) is 15.1. The zero-order valence-electron chi connectivity index (χ0n) is 11.8. The molecule has 2 rings (SSSR count). The summed E-state index contributed by atoms with van der Waals surface area (Å²) in [5, 5.41) is 0. The molecule has 0 spiro atoms. The molecule has 0 fully saturated rings. The lowest BCUT2D eigenvalue weighted by atomic mass is 10.2. The number of rotatable bonds is 3. The number of hydrogen-bond donors (Lipinski definition) is 0. The SMILES string of the molecule is COc1ccc(OC(=O)C#Cc2ccccc2)cc1OC. The van der Waals surface area contributed by atoms with Gasteiger partial charge in [-0.15, -0.1) is 0 Å². The van der Waals surface area contributed by atoms with Crippen LogP contribution in [0.5, 0.6) is 17.2 Å². The summed E-state index contributed by atoms with van der Waals surface area (Å²) < 4.78 is 15.4. The van der Waals surface area contributed by atoms with Gasteiger partial charge in [0.1, 0.15) is 5.75 Å². The fourth-order valence-electron chi connectivity index (χ4n) is 1.66. The summed E-state index contributed by atoms with van der Waals surface area (Å²) >= 11 is 0. The summed E-state index contributed by atoms with van der Waals surface area (Å²) in [6.45, 7) is 0. The van der Waals surface area contributed by atoms with E-state index in [1.165, 1.54) is 14.2 Å². The van der Waals surface area contributed by atoms with Crippen LogP contribution in [0.15, 0.2) is 48.5 Å². The van der Waals surface area contributed by atoms with Crippen LogP contribution in [-0.2, 0) is 4.79 Å². The summed E-state index contributed by atoms with van der Waals surface area (Å²) in [5.74, 6) is 5.93. The van der Waals surface area contributed by atoms with Crippen molar-refractivity contribution in [2.24, 2.45) is 0 Å². The van der Waals surface area contributed by atoms with Gasteiger partial charge in [-0.25, -0.2) is 4.79 Å². The third-order valence-corrected chi connectivity index (χ3v) is 2.65. The first-order chi connectivity index (χ1) is 10.2. The first-order valence-corrected chi connectivity index (χ1v) is 6.24. The van der Waals surface area contributed by atoms with Crippen LogP contribution in [0.4, 0.5) is 0 Å². The van der Waals surface area contributed by atoms with Gasteiger partial charge >= 0.3 is 5.97 Å². The molecule has 0 N–H and O–H groups in total. The van der Waals surface area contributed by atoms with Gasteiger partial charge in [0.25, 0.3) is 0 Å². The van der Waals surface area contributed by atoms with Crippen LogP contribution in [0, 0.1) is 11.8 Å². The van der Waals surface area contributed by atoms with Gasteiger partial charge < -0.3 is 14.2 Å². The quantitative estimate of drug-likeness (QED) is 0.493. The molecule has 2 aromatic rings. The second kappa shape index (κ2) is 7.01. The van der Waals surface area contributed by atoms with E-state index in [0.29, 0.717) is 17.2 Å². The molecule has 0 saturated heterocycles. The van der Waals surface area contributed by atoms with Crippen molar-refractivity contribution in [1.82, 2.24) is 0 Å². The molecule has 0 radical (unpaired) electrons. The first-order valence-electron chi connectivity index (χ1n) is 6.24. The molecule has 21 heavy (non-hydrogen) atoms. The van der Waals surface area contributed by atoms with Crippen LogP contribution in [0.2, 0.25) is 0 Å². The van der Waals surface area contributed by atoms with E-state index in [1.807, 2.05) is 30.3 Å². The Balaban J connectivity index is 2.08.